The number of aryl methyl sites for hydroxylation is 1. The van der Waals surface area contributed by atoms with Crippen LogP contribution in [0.25, 0.3) is 5.76 Å². The molecule has 1 aliphatic heterocycles. The van der Waals surface area contributed by atoms with Crippen molar-refractivity contribution in [2.24, 2.45) is 0 Å². The summed E-state index contributed by atoms with van der Waals surface area (Å²) in [7, 11) is 3.08. The minimum Gasteiger partial charge on any atom is -0.507 e. The number of rotatable bonds is 6. The van der Waals surface area contributed by atoms with E-state index in [9.17, 15) is 14.7 Å². The lowest BCUT2D eigenvalue weighted by Gasteiger charge is -2.24. The Kier molecular flexibility index (Phi) is 5.75. The molecule has 0 unspecified atom stereocenters. The Morgan fingerprint density at radius 3 is 2.64 bits per heavy atom. The van der Waals surface area contributed by atoms with Crippen LogP contribution in [0, 0.1) is 6.92 Å². The third kappa shape index (κ3) is 3.48. The number of pyridine rings is 1. The van der Waals surface area contributed by atoms with Crippen LogP contribution in [0.3, 0.4) is 0 Å². The molecule has 1 aromatic heterocycles. The van der Waals surface area contributed by atoms with E-state index in [0.717, 1.165) is 5.56 Å². The number of ketones is 1. The zero-order valence-corrected chi connectivity index (χ0v) is 16.0. The fraction of sp³-hybridized carbons (Fsp3) is 0.286. The van der Waals surface area contributed by atoms with E-state index >= 15 is 0 Å². The smallest absolute Gasteiger partial charge is 0.295 e. The molecule has 2 aromatic rings. The van der Waals surface area contributed by atoms with E-state index in [0.29, 0.717) is 16.9 Å². The highest BCUT2D eigenvalue weighted by Gasteiger charge is 2.45. The molecule has 1 aliphatic rings. The van der Waals surface area contributed by atoms with Gasteiger partial charge in [-0.3, -0.25) is 14.6 Å². The Morgan fingerprint density at radius 1 is 1.25 bits per heavy atom. The summed E-state index contributed by atoms with van der Waals surface area (Å²) in [5, 5.41) is 11.0. The number of carbonyl (C=O) groups excluding carboxylic acids is 2. The van der Waals surface area contributed by atoms with E-state index in [1.165, 1.54) is 12.0 Å². The van der Waals surface area contributed by atoms with Crippen molar-refractivity contribution in [1.29, 1.82) is 0 Å². The first-order chi connectivity index (χ1) is 13.5. The number of carbonyl (C=O) groups is 2. The summed E-state index contributed by atoms with van der Waals surface area (Å²) >= 11 is 0. The molecular weight excluding hydrogens is 360 g/mol. The lowest BCUT2D eigenvalue weighted by atomic mass is 9.95. The largest absolute Gasteiger partial charge is 0.507 e. The monoisotopic (exact) mass is 382 g/mol. The second-order valence-electron chi connectivity index (χ2n) is 6.46. The van der Waals surface area contributed by atoms with E-state index < -0.39 is 17.7 Å². The molecule has 7 heteroatoms. The number of Topliss-reactive ketones (excluding diaryl/α,β-unsaturated/α-hetero) is 1. The van der Waals surface area contributed by atoms with Crippen LogP contribution in [0.1, 0.15) is 22.7 Å². The minimum atomic E-state index is -0.730. The molecule has 28 heavy (non-hydrogen) atoms. The van der Waals surface area contributed by atoms with Gasteiger partial charge in [-0.05, 0) is 42.3 Å². The topological polar surface area (TPSA) is 89.0 Å². The van der Waals surface area contributed by atoms with E-state index in [1.807, 2.05) is 6.92 Å². The van der Waals surface area contributed by atoms with Crippen LogP contribution in [-0.4, -0.2) is 54.1 Å². The van der Waals surface area contributed by atoms with Gasteiger partial charge in [-0.1, -0.05) is 6.07 Å². The van der Waals surface area contributed by atoms with Gasteiger partial charge in [0.05, 0.1) is 25.3 Å². The van der Waals surface area contributed by atoms with Crippen LogP contribution >= 0.6 is 0 Å². The molecule has 1 N–H and O–H groups in total. The summed E-state index contributed by atoms with van der Waals surface area (Å²) in [6.45, 7) is 2.33. The van der Waals surface area contributed by atoms with Crippen molar-refractivity contribution in [1.82, 2.24) is 9.88 Å². The van der Waals surface area contributed by atoms with Crippen molar-refractivity contribution >= 4 is 17.4 Å². The SMILES string of the molecule is COCCN1C(=O)C(=O)/C(=C(/O)c2ccc(OC)c(C)c2)[C@H]1c1cccnc1. The minimum absolute atomic E-state index is 0.0404. The normalized spacial score (nSPS) is 18.5. The molecule has 0 spiro atoms. The van der Waals surface area contributed by atoms with Gasteiger partial charge in [-0.15, -0.1) is 0 Å². The Labute approximate surface area is 163 Å². The van der Waals surface area contributed by atoms with Crippen LogP contribution in [-0.2, 0) is 14.3 Å². The molecule has 0 radical (unpaired) electrons. The van der Waals surface area contributed by atoms with Gasteiger partial charge in [0.2, 0.25) is 0 Å². The molecule has 0 saturated carbocycles. The maximum Gasteiger partial charge on any atom is 0.295 e. The summed E-state index contributed by atoms with van der Waals surface area (Å²) in [4.78, 5) is 30.9. The number of methoxy groups -OCH3 is 2. The van der Waals surface area contributed by atoms with Gasteiger partial charge in [-0.2, -0.15) is 0 Å². The Morgan fingerprint density at radius 2 is 2.04 bits per heavy atom. The van der Waals surface area contributed by atoms with E-state index in [-0.39, 0.29) is 24.5 Å². The Bertz CT molecular complexity index is 924. The highest BCUT2D eigenvalue weighted by atomic mass is 16.5. The van der Waals surface area contributed by atoms with Gasteiger partial charge >= 0.3 is 0 Å². The van der Waals surface area contributed by atoms with Gasteiger partial charge in [0, 0.05) is 31.6 Å². The average Bonchev–Trinajstić information content (AvgIpc) is 2.97. The van der Waals surface area contributed by atoms with Crippen molar-refractivity contribution in [3.8, 4) is 5.75 Å². The van der Waals surface area contributed by atoms with Crippen LogP contribution in [0.5, 0.6) is 5.75 Å². The summed E-state index contributed by atoms with van der Waals surface area (Å²) in [6.07, 6.45) is 3.20. The standard InChI is InChI=1S/C21H22N2O5/c1-13-11-14(6-7-16(13)28-3)19(24)17-18(15-5-4-8-22-12-15)23(9-10-27-2)21(26)20(17)25/h4-8,11-12,18,24H,9-10H2,1-3H3/b19-17+/t18-/m1/s1. The number of benzene rings is 1. The summed E-state index contributed by atoms with van der Waals surface area (Å²) in [6, 6.07) is 7.86. The zero-order chi connectivity index (χ0) is 20.3. The van der Waals surface area contributed by atoms with E-state index in [2.05, 4.69) is 4.98 Å². The van der Waals surface area contributed by atoms with Crippen molar-refractivity contribution in [2.45, 2.75) is 13.0 Å². The second kappa shape index (κ2) is 8.22. The first-order valence-electron chi connectivity index (χ1n) is 8.81. The number of hydrogen-bond acceptors (Lipinski definition) is 6. The molecule has 2 heterocycles. The first-order valence-corrected chi connectivity index (χ1v) is 8.81. The predicted molar refractivity (Wildman–Crippen MR) is 103 cm³/mol. The van der Waals surface area contributed by atoms with Crippen molar-refractivity contribution < 1.29 is 24.2 Å². The zero-order valence-electron chi connectivity index (χ0n) is 16.0. The summed E-state index contributed by atoms with van der Waals surface area (Å²) in [5.41, 5.74) is 1.93. The molecule has 1 saturated heterocycles. The predicted octanol–water partition coefficient (Wildman–Crippen LogP) is 2.47. The molecular formula is C21H22N2O5. The van der Waals surface area contributed by atoms with Crippen molar-refractivity contribution in [3.63, 3.8) is 0 Å². The van der Waals surface area contributed by atoms with E-state index in [4.69, 9.17) is 9.47 Å². The lowest BCUT2D eigenvalue weighted by molar-refractivity contribution is -0.140. The lowest BCUT2D eigenvalue weighted by Crippen LogP contribution is -2.32. The van der Waals surface area contributed by atoms with Gasteiger partial charge < -0.3 is 19.5 Å². The number of amides is 1. The van der Waals surface area contributed by atoms with Crippen molar-refractivity contribution in [2.75, 3.05) is 27.4 Å². The maximum absolute atomic E-state index is 12.8. The molecule has 3 rings (SSSR count). The third-order valence-electron chi connectivity index (χ3n) is 4.74. The van der Waals surface area contributed by atoms with Crippen LogP contribution in [0.4, 0.5) is 0 Å². The average molecular weight is 382 g/mol. The van der Waals surface area contributed by atoms with Crippen molar-refractivity contribution in [3.05, 3.63) is 65.0 Å². The molecule has 0 aliphatic carbocycles. The van der Waals surface area contributed by atoms with Gasteiger partial charge in [0.1, 0.15) is 11.5 Å². The molecule has 146 valence electrons. The third-order valence-corrected chi connectivity index (χ3v) is 4.74. The molecule has 1 aromatic carbocycles. The number of aromatic nitrogens is 1. The number of aliphatic hydroxyl groups is 1. The molecule has 1 fully saturated rings. The Balaban J connectivity index is 2.15. The molecule has 1 amide bonds. The number of aliphatic hydroxyl groups excluding tert-OH is 1. The maximum atomic E-state index is 12.8. The van der Waals surface area contributed by atoms with Gasteiger partial charge in [0.15, 0.2) is 0 Å². The summed E-state index contributed by atoms with van der Waals surface area (Å²) in [5.74, 6) is -0.951. The first kappa shape index (κ1) is 19.6. The van der Waals surface area contributed by atoms with Crippen LogP contribution in [0.2, 0.25) is 0 Å². The number of likely N-dealkylation sites (tertiary alicyclic amines) is 1. The number of nitrogens with zero attached hydrogens (tertiary/aromatic N) is 2. The highest BCUT2D eigenvalue weighted by Crippen LogP contribution is 2.39. The molecule has 1 atom stereocenters. The van der Waals surface area contributed by atoms with Crippen LogP contribution in [0.15, 0.2) is 48.3 Å². The van der Waals surface area contributed by atoms with Gasteiger partial charge in [0.25, 0.3) is 11.7 Å². The summed E-state index contributed by atoms with van der Waals surface area (Å²) < 4.78 is 10.3. The van der Waals surface area contributed by atoms with Gasteiger partial charge in [-0.25, -0.2) is 0 Å². The van der Waals surface area contributed by atoms with E-state index in [1.54, 1.807) is 49.8 Å². The highest BCUT2D eigenvalue weighted by molar-refractivity contribution is 6.46. The number of ether oxygens (including phenoxy) is 2. The molecule has 0 bridgehead atoms. The second-order valence-corrected chi connectivity index (χ2v) is 6.46. The van der Waals surface area contributed by atoms with Crippen LogP contribution < -0.4 is 4.74 Å². The quantitative estimate of drug-likeness (QED) is 0.469. The fourth-order valence-electron chi connectivity index (χ4n) is 3.37. The Hall–Kier alpha value is -3.19. The fourth-order valence-corrected chi connectivity index (χ4v) is 3.37. The molecule has 7 nitrogen and oxygen atoms in total. The number of hydrogen-bond donors (Lipinski definition) is 1.